The molecular formula is C11H12O3. The quantitative estimate of drug-likeness (QED) is 0.545. The van der Waals surface area contributed by atoms with Crippen molar-refractivity contribution < 1.29 is 14.3 Å². The second-order valence-corrected chi connectivity index (χ2v) is 4.34. The van der Waals surface area contributed by atoms with Crippen molar-refractivity contribution in [1.29, 1.82) is 0 Å². The molecule has 2 rings (SSSR count). The van der Waals surface area contributed by atoms with E-state index in [-0.39, 0.29) is 17.2 Å². The minimum absolute atomic E-state index is 0.0994. The van der Waals surface area contributed by atoms with Crippen LogP contribution in [0.1, 0.15) is 20.8 Å². The first kappa shape index (κ1) is 9.19. The number of fused-ring (bicyclic) bond motifs is 1. The van der Waals surface area contributed by atoms with E-state index >= 15 is 0 Å². The molecular weight excluding hydrogens is 180 g/mol. The largest absolute Gasteiger partial charge is 0.453 e. The van der Waals surface area contributed by atoms with E-state index in [2.05, 4.69) is 0 Å². The van der Waals surface area contributed by atoms with Gasteiger partial charge in [0.05, 0.1) is 5.57 Å². The van der Waals surface area contributed by atoms with Crippen molar-refractivity contribution in [3.05, 3.63) is 23.3 Å². The summed E-state index contributed by atoms with van der Waals surface area (Å²) < 4.78 is 5.18. The summed E-state index contributed by atoms with van der Waals surface area (Å²) in [6.45, 7) is 5.55. The zero-order chi connectivity index (χ0) is 10.5. The molecule has 0 N–H and O–H groups in total. The Kier molecular flexibility index (Phi) is 1.68. The van der Waals surface area contributed by atoms with Gasteiger partial charge in [-0.3, -0.25) is 4.79 Å². The van der Waals surface area contributed by atoms with Gasteiger partial charge in [-0.1, -0.05) is 19.9 Å². The first-order chi connectivity index (χ1) is 6.43. The maximum absolute atomic E-state index is 11.5. The minimum Gasteiger partial charge on any atom is -0.453 e. The van der Waals surface area contributed by atoms with Crippen LogP contribution in [0.3, 0.4) is 0 Å². The van der Waals surface area contributed by atoms with Gasteiger partial charge >= 0.3 is 5.97 Å². The number of carbonyl (C=O) groups excluding carboxylic acids is 2. The molecule has 1 atom stereocenters. The number of carbonyl (C=O) groups is 2. The van der Waals surface area contributed by atoms with E-state index in [1.165, 1.54) is 6.08 Å². The molecule has 1 aliphatic heterocycles. The van der Waals surface area contributed by atoms with Gasteiger partial charge in [0.15, 0.2) is 5.78 Å². The molecule has 0 amide bonds. The molecule has 0 saturated heterocycles. The molecule has 1 unspecified atom stereocenters. The van der Waals surface area contributed by atoms with Crippen LogP contribution in [0, 0.1) is 5.41 Å². The molecule has 3 heteroatoms. The van der Waals surface area contributed by atoms with E-state index in [1.807, 2.05) is 13.8 Å². The van der Waals surface area contributed by atoms with Crippen LogP contribution in [0.25, 0.3) is 0 Å². The maximum atomic E-state index is 11.5. The fourth-order valence-corrected chi connectivity index (χ4v) is 1.87. The fourth-order valence-electron chi connectivity index (χ4n) is 1.87. The lowest BCUT2D eigenvalue weighted by molar-refractivity contribution is -0.143. The number of esters is 1. The lowest BCUT2D eigenvalue weighted by Gasteiger charge is -2.31. The number of ketones is 1. The third-order valence-electron chi connectivity index (χ3n) is 2.80. The van der Waals surface area contributed by atoms with Gasteiger partial charge in [-0.2, -0.15) is 0 Å². The Labute approximate surface area is 82.4 Å². The van der Waals surface area contributed by atoms with E-state index in [4.69, 9.17) is 4.74 Å². The smallest absolute Gasteiger partial charge is 0.334 e. The molecule has 3 nitrogen and oxygen atoms in total. The van der Waals surface area contributed by atoms with Crippen LogP contribution in [0.2, 0.25) is 0 Å². The van der Waals surface area contributed by atoms with E-state index in [9.17, 15) is 9.59 Å². The average molecular weight is 192 g/mol. The summed E-state index contributed by atoms with van der Waals surface area (Å²) in [4.78, 5) is 22.9. The van der Waals surface area contributed by atoms with Crippen LogP contribution >= 0.6 is 0 Å². The Balaban J connectivity index is 2.57. The van der Waals surface area contributed by atoms with Gasteiger partial charge in [0.1, 0.15) is 6.10 Å². The Bertz CT molecular complexity index is 385. The Morgan fingerprint density at radius 1 is 1.36 bits per heavy atom. The van der Waals surface area contributed by atoms with E-state index in [0.29, 0.717) is 11.1 Å². The fraction of sp³-hybridized carbons (Fsp3) is 0.455. The van der Waals surface area contributed by atoms with Crippen molar-refractivity contribution in [2.45, 2.75) is 26.9 Å². The molecule has 0 bridgehead atoms. The van der Waals surface area contributed by atoms with Gasteiger partial charge in [0.2, 0.25) is 0 Å². The van der Waals surface area contributed by atoms with E-state index in [0.717, 1.165) is 0 Å². The number of hydrogen-bond donors (Lipinski definition) is 0. The van der Waals surface area contributed by atoms with E-state index < -0.39 is 6.10 Å². The van der Waals surface area contributed by atoms with Crippen molar-refractivity contribution in [3.8, 4) is 0 Å². The lowest BCUT2D eigenvalue weighted by Crippen LogP contribution is -2.35. The standard InChI is InChI=1S/C11H12O3/c1-6-8-7(12)4-5-11(2,3)9(8)14-10(6)13/h4-5,9H,1-3H3. The molecule has 0 aromatic carbocycles. The number of hydrogen-bond acceptors (Lipinski definition) is 3. The molecule has 14 heavy (non-hydrogen) atoms. The lowest BCUT2D eigenvalue weighted by atomic mass is 9.76. The van der Waals surface area contributed by atoms with Crippen molar-refractivity contribution in [2.75, 3.05) is 0 Å². The van der Waals surface area contributed by atoms with Gasteiger partial charge in [0, 0.05) is 11.0 Å². The molecule has 1 aliphatic carbocycles. The minimum atomic E-state index is -0.396. The van der Waals surface area contributed by atoms with Crippen LogP contribution < -0.4 is 0 Å². The molecule has 0 fully saturated rings. The Hall–Kier alpha value is -1.38. The summed E-state index contributed by atoms with van der Waals surface area (Å²) in [6.07, 6.45) is 2.93. The molecule has 0 radical (unpaired) electrons. The van der Waals surface area contributed by atoms with Gasteiger partial charge in [-0.15, -0.1) is 0 Å². The van der Waals surface area contributed by atoms with Crippen molar-refractivity contribution in [3.63, 3.8) is 0 Å². The first-order valence-corrected chi connectivity index (χ1v) is 4.59. The molecule has 1 heterocycles. The molecule has 0 saturated carbocycles. The summed E-state index contributed by atoms with van der Waals surface area (Å²) in [7, 11) is 0. The summed E-state index contributed by atoms with van der Waals surface area (Å²) in [6, 6.07) is 0. The highest BCUT2D eigenvalue weighted by atomic mass is 16.5. The van der Waals surface area contributed by atoms with Crippen LogP contribution in [-0.4, -0.2) is 17.9 Å². The zero-order valence-corrected chi connectivity index (χ0v) is 8.46. The van der Waals surface area contributed by atoms with Gasteiger partial charge < -0.3 is 4.74 Å². The summed E-state index contributed by atoms with van der Waals surface area (Å²) >= 11 is 0. The van der Waals surface area contributed by atoms with Gasteiger partial charge in [-0.25, -0.2) is 4.79 Å². The van der Waals surface area contributed by atoms with Crippen LogP contribution in [0.5, 0.6) is 0 Å². The highest BCUT2D eigenvalue weighted by molar-refractivity contribution is 6.13. The second-order valence-electron chi connectivity index (χ2n) is 4.34. The Morgan fingerprint density at radius 2 is 2.00 bits per heavy atom. The SMILES string of the molecule is CC1=C2C(=O)C=CC(C)(C)C2OC1=O. The van der Waals surface area contributed by atoms with Crippen molar-refractivity contribution in [1.82, 2.24) is 0 Å². The number of allylic oxidation sites excluding steroid dienone is 1. The highest BCUT2D eigenvalue weighted by Gasteiger charge is 2.45. The average Bonchev–Trinajstić information content (AvgIpc) is 2.39. The highest BCUT2D eigenvalue weighted by Crippen LogP contribution is 2.40. The molecule has 74 valence electrons. The first-order valence-electron chi connectivity index (χ1n) is 4.59. The predicted molar refractivity (Wildman–Crippen MR) is 50.5 cm³/mol. The molecule has 0 aromatic heterocycles. The zero-order valence-electron chi connectivity index (χ0n) is 8.46. The van der Waals surface area contributed by atoms with Crippen LogP contribution in [0.4, 0.5) is 0 Å². The van der Waals surface area contributed by atoms with Crippen LogP contribution in [0.15, 0.2) is 23.3 Å². The Morgan fingerprint density at radius 3 is 2.57 bits per heavy atom. The summed E-state index contributed by atoms with van der Waals surface area (Å²) in [5.41, 5.74) is 0.705. The molecule has 0 spiro atoms. The maximum Gasteiger partial charge on any atom is 0.334 e. The third-order valence-corrected chi connectivity index (χ3v) is 2.80. The van der Waals surface area contributed by atoms with Gasteiger partial charge in [0.25, 0.3) is 0 Å². The predicted octanol–water partition coefficient (Wildman–Crippen LogP) is 1.39. The summed E-state index contributed by atoms with van der Waals surface area (Å²) in [5.74, 6) is -0.465. The van der Waals surface area contributed by atoms with Gasteiger partial charge in [-0.05, 0) is 13.0 Å². The second kappa shape index (κ2) is 2.56. The number of ether oxygens (including phenoxy) is 1. The summed E-state index contributed by atoms with van der Waals surface area (Å²) in [5, 5.41) is 0. The van der Waals surface area contributed by atoms with Crippen molar-refractivity contribution in [2.24, 2.45) is 5.41 Å². The van der Waals surface area contributed by atoms with E-state index in [1.54, 1.807) is 13.0 Å². The normalized spacial score (nSPS) is 29.2. The monoisotopic (exact) mass is 192 g/mol. The topological polar surface area (TPSA) is 43.4 Å². The molecule has 2 aliphatic rings. The third kappa shape index (κ3) is 1.05. The number of rotatable bonds is 0. The molecule has 0 aromatic rings. The van der Waals surface area contributed by atoms with Crippen molar-refractivity contribution >= 4 is 11.8 Å². The van der Waals surface area contributed by atoms with Crippen LogP contribution in [-0.2, 0) is 14.3 Å².